The second-order valence-electron chi connectivity index (χ2n) is 11.6. The zero-order valence-electron chi connectivity index (χ0n) is 25.4. The summed E-state index contributed by atoms with van der Waals surface area (Å²) in [4.78, 5) is 13.9. The van der Waals surface area contributed by atoms with E-state index < -0.39 is 37.5 Å². The van der Waals surface area contributed by atoms with E-state index in [2.05, 4.69) is 16.6 Å². The van der Waals surface area contributed by atoms with Crippen LogP contribution in [0.25, 0.3) is 10.2 Å². The smallest absolute Gasteiger partial charge is 0.475 e. The van der Waals surface area contributed by atoms with E-state index in [4.69, 9.17) is 24.4 Å². The van der Waals surface area contributed by atoms with Gasteiger partial charge in [-0.05, 0) is 50.8 Å². The standard InChI is InChI=1S/C26H40N4O5S3.C2HF3O2/c1-3-34-25(10-6-4-5-7-11-25)19-28-24-29-22-18-21(8-9-23(22)36-24)38(32,33)30-14-15-35-26(20-30)12-16-37(31,27-2)17-13-26;3-2(4,5)1(6)7/h8-9,18H,3-7,10-17,19-20H2,1-2H3,(H,28,29);(H,6,7). The number of aromatic nitrogens is 1. The lowest BCUT2D eigenvalue weighted by Gasteiger charge is -2.44. The van der Waals surface area contributed by atoms with Gasteiger partial charge in [0, 0.05) is 54.5 Å². The number of carbonyl (C=O) groups is 1. The molecule has 1 aromatic heterocycles. The van der Waals surface area contributed by atoms with Crippen molar-refractivity contribution in [3.05, 3.63) is 18.2 Å². The third-order valence-electron chi connectivity index (χ3n) is 8.57. The first-order chi connectivity index (χ1) is 21.1. The maximum atomic E-state index is 13.7. The Morgan fingerprint density at radius 1 is 1.20 bits per heavy atom. The number of nitrogens with one attached hydrogen (secondary N) is 1. The third-order valence-corrected chi connectivity index (χ3v) is 13.8. The SMILES string of the molecule is CCOC1(CNc2nc3cc(S(=O)(=O)N4CCOC5(CCS(=O)(=NC)CC5)C4)ccc3s2)CCCCCC1.O=C(O)C(F)(F)F. The van der Waals surface area contributed by atoms with Gasteiger partial charge in [0.1, 0.15) is 0 Å². The van der Waals surface area contributed by atoms with Gasteiger partial charge in [-0.15, -0.1) is 0 Å². The molecular formula is C28H41F3N4O7S3. The number of fused-ring (bicyclic) bond motifs is 1. The van der Waals surface area contributed by atoms with Crippen LogP contribution < -0.4 is 5.32 Å². The van der Waals surface area contributed by atoms with Crippen molar-refractivity contribution in [1.29, 1.82) is 0 Å². The molecule has 3 aliphatic rings. The lowest BCUT2D eigenvalue weighted by atomic mass is 9.94. The van der Waals surface area contributed by atoms with Crippen LogP contribution in [0.1, 0.15) is 58.3 Å². The number of rotatable bonds is 7. The predicted octanol–water partition coefficient (Wildman–Crippen LogP) is 5.12. The van der Waals surface area contributed by atoms with E-state index in [0.717, 1.165) is 22.7 Å². The molecule has 1 aromatic carbocycles. The minimum absolute atomic E-state index is 0.165. The summed E-state index contributed by atoms with van der Waals surface area (Å²) in [6.07, 6.45) is 2.99. The van der Waals surface area contributed by atoms with Crippen LogP contribution in [-0.2, 0) is 34.0 Å². The van der Waals surface area contributed by atoms with Gasteiger partial charge in [0.25, 0.3) is 0 Å². The van der Waals surface area contributed by atoms with Crippen molar-refractivity contribution in [3.8, 4) is 0 Å². The molecule has 2 N–H and O–H groups in total. The number of aliphatic carboxylic acids is 1. The number of carboxylic acids is 1. The Hall–Kier alpha value is -2.05. The fraction of sp³-hybridized carbons (Fsp3) is 0.714. The molecule has 3 heterocycles. The molecule has 0 bridgehead atoms. The average Bonchev–Trinajstić information content (AvgIpc) is 3.28. The largest absolute Gasteiger partial charge is 0.490 e. The highest BCUT2D eigenvalue weighted by atomic mass is 32.2. The number of sulfonamides is 1. The van der Waals surface area contributed by atoms with Crippen LogP contribution in [0.3, 0.4) is 0 Å². The second-order valence-corrected chi connectivity index (χ2v) is 17.3. The molecule has 45 heavy (non-hydrogen) atoms. The van der Waals surface area contributed by atoms with Crippen molar-refractivity contribution in [2.75, 3.05) is 56.7 Å². The van der Waals surface area contributed by atoms with E-state index in [0.29, 0.717) is 56.2 Å². The highest BCUT2D eigenvalue weighted by Gasteiger charge is 2.44. The molecule has 0 radical (unpaired) electrons. The average molecular weight is 699 g/mol. The summed E-state index contributed by atoms with van der Waals surface area (Å²) in [5.74, 6) is -1.86. The van der Waals surface area contributed by atoms with Crippen molar-refractivity contribution in [2.24, 2.45) is 4.36 Å². The second kappa shape index (κ2) is 14.4. The van der Waals surface area contributed by atoms with Crippen LogP contribution >= 0.6 is 11.3 Å². The number of benzene rings is 1. The Bertz CT molecular complexity index is 1550. The van der Waals surface area contributed by atoms with E-state index in [1.54, 1.807) is 19.2 Å². The van der Waals surface area contributed by atoms with Gasteiger partial charge in [-0.2, -0.15) is 17.5 Å². The number of carboxylic acid groups (broad SMARTS) is 1. The zero-order valence-corrected chi connectivity index (χ0v) is 27.9. The summed E-state index contributed by atoms with van der Waals surface area (Å²) in [5, 5.41) is 11.4. The van der Waals surface area contributed by atoms with E-state index in [9.17, 15) is 25.8 Å². The fourth-order valence-electron chi connectivity index (χ4n) is 6.00. The molecule has 2 saturated heterocycles. The molecule has 2 aliphatic heterocycles. The van der Waals surface area contributed by atoms with Gasteiger partial charge < -0.3 is 19.9 Å². The number of halogens is 3. The molecule has 1 spiro atoms. The van der Waals surface area contributed by atoms with Gasteiger partial charge in [-0.3, -0.25) is 0 Å². The fourth-order valence-corrected chi connectivity index (χ4v) is 10.3. The van der Waals surface area contributed by atoms with Gasteiger partial charge in [0.2, 0.25) is 10.0 Å². The molecule has 3 fully saturated rings. The molecule has 254 valence electrons. The van der Waals surface area contributed by atoms with Crippen molar-refractivity contribution < 1.29 is 45.2 Å². The highest BCUT2D eigenvalue weighted by molar-refractivity contribution is 7.93. The van der Waals surface area contributed by atoms with Crippen LogP contribution in [0.2, 0.25) is 0 Å². The van der Waals surface area contributed by atoms with Crippen molar-refractivity contribution in [2.45, 2.75) is 80.6 Å². The van der Waals surface area contributed by atoms with Crippen LogP contribution in [0.4, 0.5) is 18.3 Å². The summed E-state index contributed by atoms with van der Waals surface area (Å²) in [6, 6.07) is 5.21. The van der Waals surface area contributed by atoms with E-state index >= 15 is 0 Å². The van der Waals surface area contributed by atoms with Crippen LogP contribution in [-0.4, -0.2) is 102 Å². The minimum atomic E-state index is -5.08. The monoisotopic (exact) mass is 698 g/mol. The number of ether oxygens (including phenoxy) is 2. The number of hydrogen-bond donors (Lipinski definition) is 2. The maximum Gasteiger partial charge on any atom is 0.490 e. The van der Waals surface area contributed by atoms with E-state index in [-0.39, 0.29) is 17.0 Å². The molecule has 0 amide bonds. The highest BCUT2D eigenvalue weighted by Crippen LogP contribution is 2.36. The minimum Gasteiger partial charge on any atom is -0.475 e. The van der Waals surface area contributed by atoms with Crippen molar-refractivity contribution in [1.82, 2.24) is 9.29 Å². The van der Waals surface area contributed by atoms with Gasteiger partial charge >= 0.3 is 12.1 Å². The molecule has 0 unspecified atom stereocenters. The Morgan fingerprint density at radius 2 is 1.84 bits per heavy atom. The lowest BCUT2D eigenvalue weighted by molar-refractivity contribution is -0.192. The Balaban J connectivity index is 0.000000591. The van der Waals surface area contributed by atoms with Gasteiger partial charge in [-0.1, -0.05) is 37.0 Å². The summed E-state index contributed by atoms with van der Waals surface area (Å²) in [7, 11) is -4.32. The molecular weight excluding hydrogens is 658 g/mol. The molecule has 0 atom stereocenters. The van der Waals surface area contributed by atoms with Gasteiger partial charge in [0.05, 0.1) is 32.9 Å². The number of alkyl halides is 3. The number of hydrogen-bond acceptors (Lipinski definition) is 10. The summed E-state index contributed by atoms with van der Waals surface area (Å²) in [6.45, 7) is 4.36. The van der Waals surface area contributed by atoms with Crippen molar-refractivity contribution >= 4 is 52.4 Å². The molecule has 1 saturated carbocycles. The van der Waals surface area contributed by atoms with Crippen LogP contribution in [0.5, 0.6) is 0 Å². The molecule has 1 aliphatic carbocycles. The van der Waals surface area contributed by atoms with Gasteiger partial charge in [0.15, 0.2) is 5.13 Å². The number of nitrogens with zero attached hydrogens (tertiary/aromatic N) is 3. The summed E-state index contributed by atoms with van der Waals surface area (Å²) >= 11 is 1.54. The topological polar surface area (TPSA) is 147 Å². The predicted molar refractivity (Wildman–Crippen MR) is 167 cm³/mol. The van der Waals surface area contributed by atoms with Gasteiger partial charge in [-0.25, -0.2) is 26.8 Å². The lowest BCUT2D eigenvalue weighted by Crippen LogP contribution is -2.56. The molecule has 17 heteroatoms. The number of anilines is 1. The molecule has 2 aromatic rings. The zero-order chi connectivity index (χ0) is 32.9. The van der Waals surface area contributed by atoms with Crippen LogP contribution in [0.15, 0.2) is 27.5 Å². The first kappa shape index (κ1) is 35.8. The Morgan fingerprint density at radius 3 is 2.42 bits per heavy atom. The number of thiazole rings is 1. The first-order valence-electron chi connectivity index (χ1n) is 15.0. The van der Waals surface area contributed by atoms with Crippen molar-refractivity contribution in [3.63, 3.8) is 0 Å². The quantitative estimate of drug-likeness (QED) is 0.376. The summed E-state index contributed by atoms with van der Waals surface area (Å²) in [5.41, 5.74) is -0.0794. The maximum absolute atomic E-state index is 13.7. The number of morpholine rings is 1. The summed E-state index contributed by atoms with van der Waals surface area (Å²) < 4.78 is 90.6. The first-order valence-corrected chi connectivity index (χ1v) is 19.1. The third kappa shape index (κ3) is 8.86. The Kier molecular flexibility index (Phi) is 11.4. The van der Waals surface area contributed by atoms with Crippen LogP contribution in [0, 0.1) is 0 Å². The molecule has 11 nitrogen and oxygen atoms in total. The normalized spacial score (nSPS) is 26.1. The van der Waals surface area contributed by atoms with E-state index in [1.807, 2.05) is 6.07 Å². The Labute approximate surface area is 266 Å². The molecule has 5 rings (SSSR count). The van der Waals surface area contributed by atoms with E-state index in [1.165, 1.54) is 41.3 Å².